The van der Waals surface area contributed by atoms with Crippen LogP contribution in [0.1, 0.15) is 32.6 Å². The molecule has 3 rings (SSSR count). The number of nitrogens with one attached hydrogen (secondary N) is 1. The molecule has 0 unspecified atom stereocenters. The van der Waals surface area contributed by atoms with Crippen molar-refractivity contribution in [2.45, 2.75) is 44.7 Å². The van der Waals surface area contributed by atoms with Crippen molar-refractivity contribution in [1.82, 2.24) is 20.0 Å². The van der Waals surface area contributed by atoms with E-state index in [0.717, 1.165) is 65.0 Å². The summed E-state index contributed by atoms with van der Waals surface area (Å²) < 4.78 is 0. The van der Waals surface area contributed by atoms with Crippen LogP contribution in [0.4, 0.5) is 4.79 Å². The molecule has 0 saturated carbocycles. The van der Waals surface area contributed by atoms with Gasteiger partial charge in [-0.15, -0.1) is 0 Å². The molecule has 3 fully saturated rings. The zero-order valence-corrected chi connectivity index (χ0v) is 12.9. The molecule has 0 aliphatic carbocycles. The van der Waals surface area contributed by atoms with E-state index in [-0.39, 0.29) is 18.0 Å². The highest BCUT2D eigenvalue weighted by atomic mass is 16.2. The Hall–Kier alpha value is -1.30. The van der Waals surface area contributed by atoms with Gasteiger partial charge in [-0.05, 0) is 32.6 Å². The van der Waals surface area contributed by atoms with Gasteiger partial charge in [0.1, 0.15) is 0 Å². The van der Waals surface area contributed by atoms with Crippen LogP contribution in [0.15, 0.2) is 0 Å². The first-order valence-electron chi connectivity index (χ1n) is 8.24. The van der Waals surface area contributed by atoms with Crippen molar-refractivity contribution in [1.29, 1.82) is 0 Å². The Labute approximate surface area is 126 Å². The maximum atomic E-state index is 12.4. The Balaban J connectivity index is 1.50. The number of likely N-dealkylation sites (tertiary alicyclic amines) is 2. The zero-order valence-electron chi connectivity index (χ0n) is 12.9. The van der Waals surface area contributed by atoms with E-state index >= 15 is 0 Å². The summed E-state index contributed by atoms with van der Waals surface area (Å²) in [5, 5.41) is 2.87. The van der Waals surface area contributed by atoms with Crippen molar-refractivity contribution in [2.75, 3.05) is 39.3 Å². The van der Waals surface area contributed by atoms with Gasteiger partial charge in [-0.3, -0.25) is 9.69 Å². The summed E-state index contributed by atoms with van der Waals surface area (Å²) in [4.78, 5) is 30.4. The number of urea groups is 1. The van der Waals surface area contributed by atoms with Gasteiger partial charge >= 0.3 is 6.03 Å². The summed E-state index contributed by atoms with van der Waals surface area (Å²) in [6, 6.07) is 0.406. The van der Waals surface area contributed by atoms with E-state index < -0.39 is 0 Å². The molecule has 0 aromatic heterocycles. The number of carbonyl (C=O) groups is 2. The van der Waals surface area contributed by atoms with Gasteiger partial charge in [0, 0.05) is 45.3 Å². The highest BCUT2D eigenvalue weighted by Gasteiger charge is 2.34. The monoisotopic (exact) mass is 294 g/mol. The van der Waals surface area contributed by atoms with Gasteiger partial charge in [-0.25, -0.2) is 4.79 Å². The maximum absolute atomic E-state index is 12.4. The van der Waals surface area contributed by atoms with Crippen molar-refractivity contribution in [3.8, 4) is 0 Å². The first kappa shape index (κ1) is 14.6. The number of piperidine rings is 1. The molecule has 0 bridgehead atoms. The first-order chi connectivity index (χ1) is 10.2. The number of nitrogens with zero attached hydrogens (tertiary/aromatic N) is 3. The van der Waals surface area contributed by atoms with E-state index in [4.69, 9.17) is 0 Å². The highest BCUT2D eigenvalue weighted by Crippen LogP contribution is 2.21. The van der Waals surface area contributed by atoms with Gasteiger partial charge < -0.3 is 15.1 Å². The van der Waals surface area contributed by atoms with Crippen molar-refractivity contribution in [2.24, 2.45) is 0 Å². The van der Waals surface area contributed by atoms with Crippen LogP contribution >= 0.6 is 0 Å². The SMILES string of the molecule is C[C@@H](C(=O)N1CCCC1)N1CCC(N2CCNC2=O)CC1. The Kier molecular flexibility index (Phi) is 4.33. The molecule has 6 heteroatoms. The summed E-state index contributed by atoms with van der Waals surface area (Å²) in [5.74, 6) is 0.282. The van der Waals surface area contributed by atoms with Gasteiger partial charge in [-0.1, -0.05) is 0 Å². The summed E-state index contributed by atoms with van der Waals surface area (Å²) >= 11 is 0. The molecule has 3 saturated heterocycles. The fourth-order valence-electron chi connectivity index (χ4n) is 3.78. The molecular weight excluding hydrogens is 268 g/mol. The third-order valence-corrected chi connectivity index (χ3v) is 5.15. The van der Waals surface area contributed by atoms with Gasteiger partial charge in [0.05, 0.1) is 6.04 Å². The second-order valence-corrected chi connectivity index (χ2v) is 6.40. The van der Waals surface area contributed by atoms with Crippen LogP contribution in [0, 0.1) is 0 Å². The summed E-state index contributed by atoms with van der Waals surface area (Å²) in [5.41, 5.74) is 0. The molecule has 3 amide bonds. The molecule has 6 nitrogen and oxygen atoms in total. The van der Waals surface area contributed by atoms with Crippen molar-refractivity contribution >= 4 is 11.9 Å². The van der Waals surface area contributed by atoms with E-state index in [2.05, 4.69) is 10.2 Å². The minimum absolute atomic E-state index is 0.0172. The lowest BCUT2D eigenvalue weighted by atomic mass is 10.0. The molecule has 118 valence electrons. The van der Waals surface area contributed by atoms with Gasteiger partial charge in [-0.2, -0.15) is 0 Å². The molecule has 3 heterocycles. The Morgan fingerprint density at radius 2 is 1.81 bits per heavy atom. The van der Waals surface area contributed by atoms with Crippen molar-refractivity contribution in [3.63, 3.8) is 0 Å². The van der Waals surface area contributed by atoms with Crippen LogP contribution in [0.25, 0.3) is 0 Å². The molecule has 0 spiro atoms. The van der Waals surface area contributed by atoms with E-state index in [0.29, 0.717) is 6.04 Å². The van der Waals surface area contributed by atoms with Gasteiger partial charge in [0.15, 0.2) is 0 Å². The molecule has 1 atom stereocenters. The maximum Gasteiger partial charge on any atom is 0.317 e. The molecule has 0 aromatic carbocycles. The first-order valence-corrected chi connectivity index (χ1v) is 8.24. The third-order valence-electron chi connectivity index (χ3n) is 5.15. The molecular formula is C15H26N4O2. The summed E-state index contributed by atoms with van der Waals surface area (Å²) in [7, 11) is 0. The molecule has 3 aliphatic rings. The van der Waals surface area contributed by atoms with Crippen LogP contribution in [0.3, 0.4) is 0 Å². The lowest BCUT2D eigenvalue weighted by molar-refractivity contribution is -0.135. The smallest absolute Gasteiger partial charge is 0.317 e. The number of rotatable bonds is 3. The minimum Gasteiger partial charge on any atom is -0.341 e. The van der Waals surface area contributed by atoms with E-state index in [1.54, 1.807) is 0 Å². The summed E-state index contributed by atoms with van der Waals surface area (Å²) in [6.07, 6.45) is 4.24. The molecule has 0 aromatic rings. The Bertz CT molecular complexity index is 400. The average molecular weight is 294 g/mol. The van der Waals surface area contributed by atoms with Crippen molar-refractivity contribution in [3.05, 3.63) is 0 Å². The number of hydrogen-bond acceptors (Lipinski definition) is 3. The van der Waals surface area contributed by atoms with Crippen LogP contribution in [0.2, 0.25) is 0 Å². The zero-order chi connectivity index (χ0) is 14.8. The number of hydrogen-bond donors (Lipinski definition) is 1. The van der Waals surface area contributed by atoms with Crippen LogP contribution < -0.4 is 5.32 Å². The number of amides is 3. The topological polar surface area (TPSA) is 55.9 Å². The van der Waals surface area contributed by atoms with Crippen LogP contribution in [-0.2, 0) is 4.79 Å². The summed E-state index contributed by atoms with van der Waals surface area (Å²) in [6.45, 7) is 7.30. The fraction of sp³-hybridized carbons (Fsp3) is 0.867. The Morgan fingerprint density at radius 1 is 1.14 bits per heavy atom. The standard InChI is InChI=1S/C15H26N4O2/c1-12(14(20)18-7-2-3-8-18)17-9-4-13(5-10-17)19-11-6-16-15(19)21/h12-13H,2-11H2,1H3,(H,16,21)/t12-/m0/s1. The molecule has 0 radical (unpaired) electrons. The second-order valence-electron chi connectivity index (χ2n) is 6.40. The quantitative estimate of drug-likeness (QED) is 0.824. The lowest BCUT2D eigenvalue weighted by Gasteiger charge is -2.39. The second kappa shape index (κ2) is 6.22. The van der Waals surface area contributed by atoms with E-state index in [9.17, 15) is 9.59 Å². The largest absolute Gasteiger partial charge is 0.341 e. The average Bonchev–Trinajstić information content (AvgIpc) is 3.17. The predicted octanol–water partition coefficient (Wildman–Crippen LogP) is 0.487. The van der Waals surface area contributed by atoms with Crippen LogP contribution in [-0.4, -0.2) is 78.0 Å². The highest BCUT2D eigenvalue weighted by molar-refractivity contribution is 5.81. The molecule has 1 N–H and O–H groups in total. The van der Waals surface area contributed by atoms with E-state index in [1.807, 2.05) is 16.7 Å². The molecule has 3 aliphatic heterocycles. The third kappa shape index (κ3) is 3.00. The van der Waals surface area contributed by atoms with Crippen molar-refractivity contribution < 1.29 is 9.59 Å². The molecule has 21 heavy (non-hydrogen) atoms. The van der Waals surface area contributed by atoms with Gasteiger partial charge in [0.2, 0.25) is 5.91 Å². The fourth-order valence-corrected chi connectivity index (χ4v) is 3.78. The normalized spacial score (nSPS) is 26.2. The van der Waals surface area contributed by atoms with Gasteiger partial charge in [0.25, 0.3) is 0 Å². The van der Waals surface area contributed by atoms with Crippen LogP contribution in [0.5, 0.6) is 0 Å². The minimum atomic E-state index is -0.0172. The van der Waals surface area contributed by atoms with E-state index in [1.165, 1.54) is 0 Å². The Morgan fingerprint density at radius 3 is 2.38 bits per heavy atom. The lowest BCUT2D eigenvalue weighted by Crippen LogP contribution is -2.52. The predicted molar refractivity (Wildman–Crippen MR) is 80.0 cm³/mol. The number of carbonyl (C=O) groups excluding carboxylic acids is 2.